The highest BCUT2D eigenvalue weighted by Gasteiger charge is 2.52. The molecule has 15 heavy (non-hydrogen) atoms. The Balaban J connectivity index is 2.04. The number of rotatable bonds is 3. The summed E-state index contributed by atoms with van der Waals surface area (Å²) in [5.41, 5.74) is 1.51. The molecule has 0 aliphatic heterocycles. The second-order valence-corrected chi connectivity index (χ2v) is 6.41. The van der Waals surface area contributed by atoms with Crippen LogP contribution >= 0.6 is 11.8 Å². The smallest absolute Gasteiger partial charge is 0.215 e. The fourth-order valence-corrected chi connectivity index (χ4v) is 3.64. The summed E-state index contributed by atoms with van der Waals surface area (Å²) in [5.74, 6) is 2.34. The quantitative estimate of drug-likeness (QED) is 0.728. The number of carbonyl (C=O) groups is 1. The van der Waals surface area contributed by atoms with E-state index in [9.17, 15) is 4.79 Å². The molecule has 0 aromatic carbocycles. The highest BCUT2D eigenvalue weighted by molar-refractivity contribution is 8.14. The summed E-state index contributed by atoms with van der Waals surface area (Å²) in [5, 5.41) is 0.341. The molecule has 0 heterocycles. The fourth-order valence-electron chi connectivity index (χ4n) is 2.86. The minimum Gasteiger partial charge on any atom is -0.282 e. The van der Waals surface area contributed by atoms with Crippen molar-refractivity contribution < 1.29 is 4.79 Å². The third-order valence-corrected chi connectivity index (χ3v) is 5.25. The Morgan fingerprint density at radius 1 is 1.60 bits per heavy atom. The highest BCUT2D eigenvalue weighted by atomic mass is 32.2. The summed E-state index contributed by atoms with van der Waals surface area (Å²) >= 11 is 1.50. The van der Waals surface area contributed by atoms with Crippen LogP contribution in [0.3, 0.4) is 0 Å². The molecule has 84 valence electrons. The van der Waals surface area contributed by atoms with Crippen molar-refractivity contribution in [1.29, 1.82) is 0 Å². The maximum absolute atomic E-state index is 12.0. The normalized spacial score (nSPS) is 31.8. The molecule has 0 aromatic rings. The minimum absolute atomic E-state index is 0.341. The van der Waals surface area contributed by atoms with Crippen molar-refractivity contribution in [2.45, 2.75) is 40.0 Å². The van der Waals surface area contributed by atoms with E-state index in [1.54, 1.807) is 0 Å². The van der Waals surface area contributed by atoms with Crippen LogP contribution in [0, 0.1) is 17.3 Å². The number of thioether (sulfide) groups is 1. The zero-order valence-corrected chi connectivity index (χ0v) is 10.7. The molecule has 2 bridgehead atoms. The average Bonchev–Trinajstić information content (AvgIpc) is 2.25. The molecule has 0 saturated heterocycles. The summed E-state index contributed by atoms with van der Waals surface area (Å²) in [6.45, 7) is 6.76. The lowest BCUT2D eigenvalue weighted by Gasteiger charge is -2.55. The predicted octanol–water partition coefficient (Wildman–Crippen LogP) is 3.65. The zero-order chi connectivity index (χ0) is 11.1. The summed E-state index contributed by atoms with van der Waals surface area (Å²) in [4.78, 5) is 12.0. The van der Waals surface area contributed by atoms with E-state index < -0.39 is 0 Å². The van der Waals surface area contributed by atoms with E-state index in [0.29, 0.717) is 16.4 Å². The number of hydrogen-bond acceptors (Lipinski definition) is 2. The molecular formula is C13H20OS. The summed E-state index contributed by atoms with van der Waals surface area (Å²) in [6, 6.07) is 0. The second kappa shape index (κ2) is 3.97. The summed E-state index contributed by atoms with van der Waals surface area (Å²) in [6.07, 6.45) is 5.66. The number of carbonyl (C=O) groups excluding carboxylic acids is 1. The Bertz CT molecular complexity index is 304. The first-order valence-corrected chi connectivity index (χ1v) is 6.93. The lowest BCUT2D eigenvalue weighted by atomic mass is 9.49. The molecule has 0 amide bonds. The van der Waals surface area contributed by atoms with Gasteiger partial charge in [-0.1, -0.05) is 38.6 Å². The van der Waals surface area contributed by atoms with Gasteiger partial charge < -0.3 is 0 Å². The molecule has 1 saturated carbocycles. The number of fused-ring (bicyclic) bond motifs is 1. The van der Waals surface area contributed by atoms with Crippen molar-refractivity contribution in [3.63, 3.8) is 0 Å². The molecule has 3 aliphatic rings. The third kappa shape index (κ3) is 1.77. The van der Waals surface area contributed by atoms with Crippen LogP contribution in [-0.2, 0) is 4.79 Å². The monoisotopic (exact) mass is 224 g/mol. The molecule has 0 N–H and O–H groups in total. The molecule has 2 heteroatoms. The van der Waals surface area contributed by atoms with Crippen LogP contribution in [0.15, 0.2) is 11.6 Å². The fraction of sp³-hybridized carbons (Fsp3) is 0.769. The van der Waals surface area contributed by atoms with Crippen molar-refractivity contribution in [3.8, 4) is 0 Å². The second-order valence-electron chi connectivity index (χ2n) is 5.34. The van der Waals surface area contributed by atoms with E-state index >= 15 is 0 Å². The van der Waals surface area contributed by atoms with Crippen molar-refractivity contribution >= 4 is 16.9 Å². The molecular weight excluding hydrogens is 204 g/mol. The molecule has 0 spiro atoms. The van der Waals surface area contributed by atoms with Crippen LogP contribution in [0.1, 0.15) is 40.0 Å². The molecule has 2 atom stereocenters. The van der Waals surface area contributed by atoms with E-state index in [-0.39, 0.29) is 0 Å². The Kier molecular flexibility index (Phi) is 2.98. The Hall–Kier alpha value is -0.240. The highest BCUT2D eigenvalue weighted by Crippen LogP contribution is 2.59. The van der Waals surface area contributed by atoms with Gasteiger partial charge in [-0.2, -0.15) is 0 Å². The van der Waals surface area contributed by atoms with Gasteiger partial charge in [-0.3, -0.25) is 4.79 Å². The maximum atomic E-state index is 12.0. The van der Waals surface area contributed by atoms with Gasteiger partial charge in [-0.25, -0.2) is 0 Å². The van der Waals surface area contributed by atoms with Crippen LogP contribution < -0.4 is 0 Å². The van der Waals surface area contributed by atoms with Crippen molar-refractivity contribution in [2.75, 3.05) is 5.75 Å². The Labute approximate surface area is 96.7 Å². The van der Waals surface area contributed by atoms with Gasteiger partial charge in [0.25, 0.3) is 0 Å². The standard InChI is InChI=1S/C13H20OS/c1-4-7-15-12(14)10-6-5-9-8-11(10)13(9,2)3/h6,9,11H,4-5,7-8H2,1-3H3/t9-,11-/m1/s1. The van der Waals surface area contributed by atoms with Gasteiger partial charge >= 0.3 is 0 Å². The van der Waals surface area contributed by atoms with Crippen LogP contribution in [0.5, 0.6) is 0 Å². The first kappa shape index (κ1) is 11.3. The SMILES string of the molecule is CCCSC(=O)C1=CC[C@@H]2C[C@H]1C2(C)C. The predicted molar refractivity (Wildman–Crippen MR) is 65.8 cm³/mol. The first-order chi connectivity index (χ1) is 7.07. The summed E-state index contributed by atoms with van der Waals surface area (Å²) < 4.78 is 0. The van der Waals surface area contributed by atoms with Gasteiger partial charge in [0.05, 0.1) is 0 Å². The zero-order valence-electron chi connectivity index (χ0n) is 9.88. The third-order valence-electron chi connectivity index (χ3n) is 4.14. The van der Waals surface area contributed by atoms with Gasteiger partial charge in [0.15, 0.2) is 0 Å². The van der Waals surface area contributed by atoms with E-state index in [0.717, 1.165) is 30.1 Å². The van der Waals surface area contributed by atoms with Crippen LogP contribution in [-0.4, -0.2) is 10.9 Å². The minimum atomic E-state index is 0.341. The van der Waals surface area contributed by atoms with E-state index in [2.05, 4.69) is 26.8 Å². The molecule has 1 fully saturated rings. The van der Waals surface area contributed by atoms with E-state index in [1.807, 2.05) is 0 Å². The first-order valence-electron chi connectivity index (χ1n) is 5.94. The van der Waals surface area contributed by atoms with Crippen LogP contribution in [0.25, 0.3) is 0 Å². The maximum Gasteiger partial charge on any atom is 0.215 e. The van der Waals surface area contributed by atoms with Gasteiger partial charge in [0.1, 0.15) is 0 Å². The van der Waals surface area contributed by atoms with Crippen molar-refractivity contribution in [2.24, 2.45) is 17.3 Å². The van der Waals surface area contributed by atoms with E-state index in [1.165, 1.54) is 18.2 Å². The Morgan fingerprint density at radius 2 is 2.33 bits per heavy atom. The average molecular weight is 224 g/mol. The van der Waals surface area contributed by atoms with Crippen LogP contribution in [0.4, 0.5) is 0 Å². The lowest BCUT2D eigenvalue weighted by molar-refractivity contribution is -0.111. The number of allylic oxidation sites excluding steroid dienone is 1. The topological polar surface area (TPSA) is 17.1 Å². The molecule has 1 nitrogen and oxygen atoms in total. The molecule has 0 radical (unpaired) electrons. The van der Waals surface area contributed by atoms with Crippen LogP contribution in [0.2, 0.25) is 0 Å². The van der Waals surface area contributed by atoms with Crippen molar-refractivity contribution in [1.82, 2.24) is 0 Å². The molecule has 0 unspecified atom stereocenters. The Morgan fingerprint density at radius 3 is 2.87 bits per heavy atom. The van der Waals surface area contributed by atoms with Crippen molar-refractivity contribution in [3.05, 3.63) is 11.6 Å². The van der Waals surface area contributed by atoms with Gasteiger partial charge in [-0.05, 0) is 36.5 Å². The van der Waals surface area contributed by atoms with Gasteiger partial charge in [0, 0.05) is 11.3 Å². The van der Waals surface area contributed by atoms with E-state index in [4.69, 9.17) is 0 Å². The van der Waals surface area contributed by atoms with Gasteiger partial charge in [-0.15, -0.1) is 0 Å². The lowest BCUT2D eigenvalue weighted by Crippen LogP contribution is -2.49. The summed E-state index contributed by atoms with van der Waals surface area (Å²) in [7, 11) is 0. The number of hydrogen-bond donors (Lipinski definition) is 0. The largest absolute Gasteiger partial charge is 0.282 e. The molecule has 0 aromatic heterocycles. The van der Waals surface area contributed by atoms with Gasteiger partial charge in [0.2, 0.25) is 5.12 Å². The molecule has 3 aliphatic carbocycles. The molecule has 3 rings (SSSR count).